The van der Waals surface area contributed by atoms with Crippen molar-refractivity contribution in [3.8, 4) is 0 Å². The Morgan fingerprint density at radius 1 is 1.07 bits per heavy atom. The smallest absolute Gasteiger partial charge is 0.338 e. The fourth-order valence-corrected chi connectivity index (χ4v) is 5.06. The molecule has 0 atom stereocenters. The van der Waals surface area contributed by atoms with Crippen LogP contribution in [0.15, 0.2) is 57.9 Å². The summed E-state index contributed by atoms with van der Waals surface area (Å²) in [6.07, 6.45) is 1.71. The summed E-state index contributed by atoms with van der Waals surface area (Å²) < 4.78 is 32.5. The van der Waals surface area contributed by atoms with Gasteiger partial charge in [-0.05, 0) is 48.7 Å². The van der Waals surface area contributed by atoms with E-state index in [1.807, 2.05) is 24.3 Å². The number of sulfonamides is 1. The topological polar surface area (TPSA) is 84.0 Å². The van der Waals surface area contributed by atoms with Crippen molar-refractivity contribution in [2.75, 3.05) is 26.7 Å². The number of hydrogen-bond acceptors (Lipinski definition) is 5. The molecule has 1 aliphatic heterocycles. The number of carbonyl (C=O) groups is 2. The molecule has 2 aromatic rings. The molecule has 0 spiro atoms. The molecule has 0 aliphatic carbocycles. The Hall–Kier alpha value is -2.23. The van der Waals surface area contributed by atoms with Crippen LogP contribution in [0.5, 0.6) is 0 Å². The third-order valence-corrected chi connectivity index (χ3v) is 7.60. The van der Waals surface area contributed by atoms with Crippen LogP contribution in [0.1, 0.15) is 28.8 Å². The van der Waals surface area contributed by atoms with Crippen molar-refractivity contribution >= 4 is 37.8 Å². The molecule has 1 saturated heterocycles. The van der Waals surface area contributed by atoms with Crippen LogP contribution in [-0.4, -0.2) is 56.2 Å². The highest BCUT2D eigenvalue weighted by atomic mass is 79.9. The lowest BCUT2D eigenvalue weighted by Crippen LogP contribution is -2.31. The van der Waals surface area contributed by atoms with E-state index < -0.39 is 22.6 Å². The molecule has 0 radical (unpaired) electrons. The highest BCUT2D eigenvalue weighted by Gasteiger charge is 2.27. The molecule has 0 N–H and O–H groups in total. The second-order valence-electron chi connectivity index (χ2n) is 7.05. The van der Waals surface area contributed by atoms with Crippen molar-refractivity contribution in [1.82, 2.24) is 9.21 Å². The first-order chi connectivity index (χ1) is 14.3. The summed E-state index contributed by atoms with van der Waals surface area (Å²) in [5.74, 6) is -1.02. The van der Waals surface area contributed by atoms with E-state index in [1.165, 1.54) is 33.5 Å². The average Bonchev–Trinajstić information content (AvgIpc) is 3.29. The Bertz CT molecular complexity index is 1020. The Labute approximate surface area is 184 Å². The van der Waals surface area contributed by atoms with Crippen LogP contribution in [0.25, 0.3) is 0 Å². The van der Waals surface area contributed by atoms with Gasteiger partial charge in [0.25, 0.3) is 5.91 Å². The van der Waals surface area contributed by atoms with Crippen molar-refractivity contribution in [2.45, 2.75) is 24.3 Å². The van der Waals surface area contributed by atoms with Crippen molar-refractivity contribution in [2.24, 2.45) is 0 Å². The van der Waals surface area contributed by atoms with Crippen LogP contribution < -0.4 is 0 Å². The largest absolute Gasteiger partial charge is 0.452 e. The number of rotatable bonds is 7. The summed E-state index contributed by atoms with van der Waals surface area (Å²) >= 11 is 3.44. The fourth-order valence-electron chi connectivity index (χ4n) is 3.13. The number of halogens is 1. The minimum absolute atomic E-state index is 0.144. The lowest BCUT2D eigenvalue weighted by Gasteiger charge is -2.18. The summed E-state index contributed by atoms with van der Waals surface area (Å²) in [6, 6.07) is 13.2. The van der Waals surface area contributed by atoms with E-state index in [0.717, 1.165) is 22.9 Å². The number of nitrogens with zero attached hydrogens (tertiary/aromatic N) is 2. The van der Waals surface area contributed by atoms with Gasteiger partial charge in [0, 0.05) is 31.2 Å². The predicted octanol–water partition coefficient (Wildman–Crippen LogP) is 3.05. The molecular weight excluding hydrogens is 472 g/mol. The summed E-state index contributed by atoms with van der Waals surface area (Å²) in [4.78, 5) is 26.1. The van der Waals surface area contributed by atoms with E-state index in [0.29, 0.717) is 19.6 Å². The van der Waals surface area contributed by atoms with Crippen LogP contribution in [0.3, 0.4) is 0 Å². The number of likely N-dealkylation sites (N-methyl/N-ethyl adjacent to an activating group) is 1. The summed E-state index contributed by atoms with van der Waals surface area (Å²) in [7, 11) is -1.90. The van der Waals surface area contributed by atoms with E-state index in [1.54, 1.807) is 7.05 Å². The standard InChI is InChI=1S/C21H23BrN2O5S/c1-23(14-17-6-2-3-7-19(17)22)20(25)15-29-21(26)16-8-10-18(11-9-16)30(27,28)24-12-4-5-13-24/h2-3,6-11H,4-5,12-15H2,1H3. The maximum atomic E-state index is 12.5. The third-order valence-electron chi connectivity index (χ3n) is 4.91. The molecule has 1 fully saturated rings. The first kappa shape index (κ1) is 22.5. The Morgan fingerprint density at radius 2 is 1.70 bits per heavy atom. The van der Waals surface area contributed by atoms with Gasteiger partial charge in [-0.15, -0.1) is 0 Å². The SMILES string of the molecule is CN(Cc1ccccc1Br)C(=O)COC(=O)c1ccc(S(=O)(=O)N2CCCC2)cc1. The maximum Gasteiger partial charge on any atom is 0.338 e. The van der Waals surface area contributed by atoms with Gasteiger partial charge in [0.2, 0.25) is 10.0 Å². The molecule has 1 aliphatic rings. The van der Waals surface area contributed by atoms with Crippen molar-refractivity contribution in [3.63, 3.8) is 0 Å². The maximum absolute atomic E-state index is 12.5. The van der Waals surface area contributed by atoms with Gasteiger partial charge in [-0.1, -0.05) is 34.1 Å². The Kier molecular flexibility index (Phi) is 7.27. The molecule has 1 amide bonds. The minimum atomic E-state index is -3.53. The van der Waals surface area contributed by atoms with Gasteiger partial charge in [-0.2, -0.15) is 4.31 Å². The Morgan fingerprint density at radius 3 is 2.33 bits per heavy atom. The number of amides is 1. The molecule has 2 aromatic carbocycles. The van der Waals surface area contributed by atoms with E-state index in [4.69, 9.17) is 4.74 Å². The van der Waals surface area contributed by atoms with Crippen molar-refractivity contribution in [3.05, 3.63) is 64.1 Å². The molecule has 0 bridgehead atoms. The van der Waals surface area contributed by atoms with Gasteiger partial charge in [0.15, 0.2) is 6.61 Å². The van der Waals surface area contributed by atoms with Gasteiger partial charge >= 0.3 is 5.97 Å². The van der Waals surface area contributed by atoms with Gasteiger partial charge < -0.3 is 9.64 Å². The van der Waals surface area contributed by atoms with Gasteiger partial charge in [-0.3, -0.25) is 4.79 Å². The van der Waals surface area contributed by atoms with Crippen LogP contribution in [0, 0.1) is 0 Å². The molecular formula is C21H23BrN2O5S. The monoisotopic (exact) mass is 494 g/mol. The summed E-state index contributed by atoms with van der Waals surface area (Å²) in [6.45, 7) is 1.01. The van der Waals surface area contributed by atoms with Crippen molar-refractivity contribution < 1.29 is 22.7 Å². The van der Waals surface area contributed by atoms with Gasteiger partial charge in [0.1, 0.15) is 0 Å². The van der Waals surface area contributed by atoms with Gasteiger partial charge in [-0.25, -0.2) is 13.2 Å². The molecule has 1 heterocycles. The predicted molar refractivity (Wildman–Crippen MR) is 115 cm³/mol. The normalized spacial score (nSPS) is 14.5. The number of esters is 1. The molecule has 0 aromatic heterocycles. The molecule has 30 heavy (non-hydrogen) atoms. The first-order valence-electron chi connectivity index (χ1n) is 9.54. The van der Waals surface area contributed by atoms with Crippen LogP contribution >= 0.6 is 15.9 Å². The Balaban J connectivity index is 1.55. The van der Waals surface area contributed by atoms with E-state index >= 15 is 0 Å². The van der Waals surface area contributed by atoms with Crippen LogP contribution in [0.2, 0.25) is 0 Å². The highest BCUT2D eigenvalue weighted by Crippen LogP contribution is 2.21. The molecule has 3 rings (SSSR count). The fraction of sp³-hybridized carbons (Fsp3) is 0.333. The lowest BCUT2D eigenvalue weighted by molar-refractivity contribution is -0.133. The molecule has 0 saturated carbocycles. The van der Waals surface area contributed by atoms with Crippen molar-refractivity contribution in [1.29, 1.82) is 0 Å². The molecule has 0 unspecified atom stereocenters. The van der Waals surface area contributed by atoms with Crippen LogP contribution in [-0.2, 0) is 26.1 Å². The summed E-state index contributed by atoms with van der Waals surface area (Å²) in [5.41, 5.74) is 1.13. The second-order valence-corrected chi connectivity index (χ2v) is 9.85. The molecule has 160 valence electrons. The zero-order chi connectivity index (χ0) is 21.7. The number of benzene rings is 2. The van der Waals surface area contributed by atoms with E-state index in [-0.39, 0.29) is 16.4 Å². The lowest BCUT2D eigenvalue weighted by atomic mass is 10.2. The number of ether oxygens (including phenoxy) is 1. The minimum Gasteiger partial charge on any atom is -0.452 e. The third kappa shape index (κ3) is 5.27. The summed E-state index contributed by atoms with van der Waals surface area (Å²) in [5, 5.41) is 0. The van der Waals surface area contributed by atoms with E-state index in [9.17, 15) is 18.0 Å². The zero-order valence-corrected chi connectivity index (χ0v) is 19.0. The molecule has 9 heteroatoms. The number of hydrogen-bond donors (Lipinski definition) is 0. The first-order valence-corrected chi connectivity index (χ1v) is 11.8. The van der Waals surface area contributed by atoms with Crippen LogP contribution in [0.4, 0.5) is 0 Å². The second kappa shape index (κ2) is 9.72. The zero-order valence-electron chi connectivity index (χ0n) is 16.6. The molecule has 7 nitrogen and oxygen atoms in total. The number of carbonyl (C=O) groups excluding carboxylic acids is 2. The average molecular weight is 495 g/mol. The highest BCUT2D eigenvalue weighted by molar-refractivity contribution is 9.10. The quantitative estimate of drug-likeness (QED) is 0.552. The van der Waals surface area contributed by atoms with E-state index in [2.05, 4.69) is 15.9 Å². The van der Waals surface area contributed by atoms with Gasteiger partial charge in [0.05, 0.1) is 10.5 Å².